The minimum Gasteiger partial charge on any atom is -0.212 e. The molecule has 0 heterocycles. The van der Waals surface area contributed by atoms with Crippen molar-refractivity contribution in [1.29, 1.82) is 0 Å². The summed E-state index contributed by atoms with van der Waals surface area (Å²) in [6, 6.07) is 15.5. The van der Waals surface area contributed by atoms with Crippen LogP contribution < -0.4 is 4.72 Å². The lowest BCUT2D eigenvalue weighted by Gasteiger charge is -2.21. The summed E-state index contributed by atoms with van der Waals surface area (Å²) in [6.45, 7) is 10.3. The summed E-state index contributed by atoms with van der Waals surface area (Å²) in [4.78, 5) is 0. The van der Waals surface area contributed by atoms with Gasteiger partial charge in [0.25, 0.3) is 0 Å². The normalized spacial score (nSPS) is 13.7. The van der Waals surface area contributed by atoms with Gasteiger partial charge in [-0.05, 0) is 41.5 Å². The van der Waals surface area contributed by atoms with Crippen LogP contribution >= 0.6 is 0 Å². The molecule has 0 fully saturated rings. The quantitative estimate of drug-likeness (QED) is 0.869. The largest absolute Gasteiger partial charge is 0.216 e. The molecule has 0 aliphatic rings. The average Bonchev–Trinajstić information content (AvgIpc) is 2.48. The maximum absolute atomic E-state index is 12.5. The van der Waals surface area contributed by atoms with Crippen LogP contribution in [-0.2, 0) is 21.2 Å². The van der Waals surface area contributed by atoms with E-state index in [4.69, 9.17) is 0 Å². The summed E-state index contributed by atoms with van der Waals surface area (Å²) in [5, 5.41) is 0. The molecular formula is C20H27NO2S. The highest BCUT2D eigenvalue weighted by Crippen LogP contribution is 2.24. The summed E-state index contributed by atoms with van der Waals surface area (Å²) >= 11 is 0. The fraction of sp³-hybridized carbons (Fsp3) is 0.400. The van der Waals surface area contributed by atoms with Crippen molar-refractivity contribution in [3.05, 3.63) is 70.8 Å². The van der Waals surface area contributed by atoms with Crippen molar-refractivity contribution in [2.75, 3.05) is 0 Å². The van der Waals surface area contributed by atoms with E-state index in [2.05, 4.69) is 37.6 Å². The Hall–Kier alpha value is -1.65. The zero-order chi connectivity index (χ0) is 18.0. The Kier molecular flexibility index (Phi) is 5.51. The summed E-state index contributed by atoms with van der Waals surface area (Å²) in [5.74, 6) is 0.00406. The number of rotatable bonds is 5. The van der Waals surface area contributed by atoms with Crippen molar-refractivity contribution in [3.63, 3.8) is 0 Å². The monoisotopic (exact) mass is 345 g/mol. The van der Waals surface area contributed by atoms with Crippen molar-refractivity contribution in [2.24, 2.45) is 0 Å². The molecule has 3 nitrogen and oxygen atoms in total. The smallest absolute Gasteiger partial charge is 0.212 e. The highest BCUT2D eigenvalue weighted by Gasteiger charge is 2.18. The van der Waals surface area contributed by atoms with E-state index >= 15 is 0 Å². The van der Waals surface area contributed by atoms with Crippen LogP contribution in [0.25, 0.3) is 0 Å². The highest BCUT2D eigenvalue weighted by molar-refractivity contribution is 7.88. The van der Waals surface area contributed by atoms with Crippen LogP contribution in [0.5, 0.6) is 0 Å². The van der Waals surface area contributed by atoms with Crippen LogP contribution in [0, 0.1) is 6.92 Å². The number of benzene rings is 2. The van der Waals surface area contributed by atoms with Gasteiger partial charge in [-0.25, -0.2) is 13.1 Å². The predicted molar refractivity (Wildman–Crippen MR) is 100 cm³/mol. The van der Waals surface area contributed by atoms with E-state index < -0.39 is 10.0 Å². The van der Waals surface area contributed by atoms with E-state index in [0.717, 1.165) is 16.7 Å². The minimum atomic E-state index is -3.39. The first-order chi connectivity index (χ1) is 11.1. The molecular weight excluding hydrogens is 318 g/mol. The Morgan fingerprint density at radius 3 is 2.12 bits per heavy atom. The first kappa shape index (κ1) is 18.7. The van der Waals surface area contributed by atoms with Crippen LogP contribution in [0.3, 0.4) is 0 Å². The molecule has 24 heavy (non-hydrogen) atoms. The van der Waals surface area contributed by atoms with Gasteiger partial charge in [-0.2, -0.15) is 0 Å². The molecule has 2 aromatic carbocycles. The maximum Gasteiger partial charge on any atom is 0.216 e. The number of aryl methyl sites for hydroxylation is 1. The topological polar surface area (TPSA) is 46.2 Å². The van der Waals surface area contributed by atoms with Gasteiger partial charge in [0.1, 0.15) is 0 Å². The SMILES string of the molecule is Cc1ccccc1CS(=O)(=O)N[C@@H](C)c1ccc(C(C)(C)C)cc1. The van der Waals surface area contributed by atoms with Crippen LogP contribution in [0.2, 0.25) is 0 Å². The summed E-state index contributed by atoms with van der Waals surface area (Å²) in [6.07, 6.45) is 0. The van der Waals surface area contributed by atoms with E-state index in [0.29, 0.717) is 0 Å². The molecule has 130 valence electrons. The molecule has 0 unspecified atom stereocenters. The van der Waals surface area contributed by atoms with Gasteiger partial charge >= 0.3 is 0 Å². The summed E-state index contributed by atoms with van der Waals surface area (Å²) in [7, 11) is -3.39. The predicted octanol–water partition coefficient (Wildman–Crippen LogP) is 4.47. The van der Waals surface area contributed by atoms with Gasteiger partial charge in [0.2, 0.25) is 10.0 Å². The van der Waals surface area contributed by atoms with Gasteiger partial charge in [-0.3, -0.25) is 0 Å². The van der Waals surface area contributed by atoms with Crippen molar-refractivity contribution in [3.8, 4) is 0 Å². The Morgan fingerprint density at radius 2 is 1.58 bits per heavy atom. The molecule has 0 saturated carbocycles. The number of hydrogen-bond acceptors (Lipinski definition) is 2. The van der Waals surface area contributed by atoms with Gasteiger partial charge in [-0.15, -0.1) is 0 Å². The Balaban J connectivity index is 2.10. The van der Waals surface area contributed by atoms with Gasteiger partial charge in [0.05, 0.1) is 5.75 Å². The molecule has 0 amide bonds. The molecule has 0 aromatic heterocycles. The number of sulfonamides is 1. The molecule has 0 spiro atoms. The van der Waals surface area contributed by atoms with Gasteiger partial charge in [0, 0.05) is 6.04 Å². The molecule has 4 heteroatoms. The molecule has 1 atom stereocenters. The summed E-state index contributed by atoms with van der Waals surface area (Å²) < 4.78 is 27.7. The van der Waals surface area contributed by atoms with Gasteiger partial charge in [-0.1, -0.05) is 69.3 Å². The van der Waals surface area contributed by atoms with E-state index in [1.54, 1.807) is 0 Å². The lowest BCUT2D eigenvalue weighted by atomic mass is 9.86. The second-order valence-corrected chi connectivity index (χ2v) is 9.15. The molecule has 0 aliphatic carbocycles. The second kappa shape index (κ2) is 7.08. The van der Waals surface area contributed by atoms with Gasteiger partial charge < -0.3 is 0 Å². The maximum atomic E-state index is 12.5. The lowest BCUT2D eigenvalue weighted by Crippen LogP contribution is -2.28. The fourth-order valence-corrected chi connectivity index (χ4v) is 4.12. The van der Waals surface area contributed by atoms with E-state index in [-0.39, 0.29) is 17.2 Å². The van der Waals surface area contributed by atoms with Gasteiger partial charge in [0.15, 0.2) is 0 Å². The molecule has 2 aromatic rings. The molecule has 0 radical (unpaired) electrons. The van der Waals surface area contributed by atoms with Crippen LogP contribution in [0.1, 0.15) is 56.0 Å². The number of nitrogens with one attached hydrogen (secondary N) is 1. The van der Waals surface area contributed by atoms with E-state index in [9.17, 15) is 8.42 Å². The second-order valence-electron chi connectivity index (χ2n) is 7.40. The van der Waals surface area contributed by atoms with Crippen molar-refractivity contribution in [1.82, 2.24) is 4.72 Å². The molecule has 2 rings (SSSR count). The van der Waals surface area contributed by atoms with Crippen molar-refractivity contribution in [2.45, 2.75) is 51.8 Å². The third kappa shape index (κ3) is 4.92. The molecule has 0 saturated heterocycles. The Bertz CT molecular complexity index is 787. The lowest BCUT2D eigenvalue weighted by molar-refractivity contribution is 0.565. The van der Waals surface area contributed by atoms with E-state index in [1.165, 1.54) is 5.56 Å². The fourth-order valence-electron chi connectivity index (χ4n) is 2.63. The molecule has 0 aliphatic heterocycles. The summed E-state index contributed by atoms with van der Waals surface area (Å²) in [5.41, 5.74) is 4.12. The third-order valence-corrected chi connectivity index (χ3v) is 5.64. The zero-order valence-electron chi connectivity index (χ0n) is 15.1. The zero-order valence-corrected chi connectivity index (χ0v) is 15.9. The first-order valence-corrected chi connectivity index (χ1v) is 9.89. The molecule has 1 N–H and O–H groups in total. The minimum absolute atomic E-state index is 0.00406. The average molecular weight is 346 g/mol. The van der Waals surface area contributed by atoms with Crippen LogP contribution in [-0.4, -0.2) is 8.42 Å². The Morgan fingerprint density at radius 1 is 1.00 bits per heavy atom. The standard InChI is InChI=1S/C20H27NO2S/c1-15-8-6-7-9-18(15)14-24(22,23)21-16(2)17-10-12-19(13-11-17)20(3,4)5/h6-13,16,21H,14H2,1-5H3/t16-/m0/s1. The van der Waals surface area contributed by atoms with Crippen LogP contribution in [0.4, 0.5) is 0 Å². The first-order valence-electron chi connectivity index (χ1n) is 8.23. The number of hydrogen-bond donors (Lipinski definition) is 1. The van der Waals surface area contributed by atoms with Crippen molar-refractivity contribution < 1.29 is 8.42 Å². The van der Waals surface area contributed by atoms with Crippen LogP contribution in [0.15, 0.2) is 48.5 Å². The third-order valence-electron chi connectivity index (χ3n) is 4.24. The highest BCUT2D eigenvalue weighted by atomic mass is 32.2. The molecule has 0 bridgehead atoms. The van der Waals surface area contributed by atoms with Crippen molar-refractivity contribution >= 4 is 10.0 Å². The Labute approximate surface area is 146 Å². The van der Waals surface area contributed by atoms with E-state index in [1.807, 2.05) is 50.2 Å².